The first kappa shape index (κ1) is 29.9. The Balaban J connectivity index is 3.99. The lowest BCUT2D eigenvalue weighted by Gasteiger charge is -2.22. The van der Waals surface area contributed by atoms with E-state index in [1.807, 2.05) is 0 Å². The van der Waals surface area contributed by atoms with Crippen LogP contribution >= 0.6 is 0 Å². The molecular weight excluding hydrogens is 408 g/mol. The van der Waals surface area contributed by atoms with Crippen molar-refractivity contribution in [2.75, 3.05) is 26.2 Å². The van der Waals surface area contributed by atoms with Crippen LogP contribution in [0.4, 0.5) is 0 Å². The second-order valence-corrected chi connectivity index (χ2v) is 8.50. The molecule has 0 unspecified atom stereocenters. The number of amides is 4. The van der Waals surface area contributed by atoms with E-state index in [-0.39, 0.29) is 30.2 Å². The van der Waals surface area contributed by atoms with E-state index >= 15 is 0 Å². The quantitative estimate of drug-likeness (QED) is 0.231. The molecule has 186 valence electrons. The molecule has 0 spiro atoms. The molecule has 0 radical (unpaired) electrons. The van der Waals surface area contributed by atoms with Crippen LogP contribution in [0.15, 0.2) is 0 Å². The minimum absolute atomic E-state index is 0.0302. The predicted octanol–water partition coefficient (Wildman–Crippen LogP) is 3.03. The minimum atomic E-state index is -0.223. The maximum absolute atomic E-state index is 12.5. The standard InChI is InChI=1S/C24H46N4O4/c1-3-4-5-13-16-24(32)28(19-18-26-21(2)29)20-23(31)27-17-14-11-9-7-6-8-10-12-15-22(25)30/h3-20H2,1-2H3,(H2,25,30)(H,26,29)(H,27,31). The largest absolute Gasteiger partial charge is 0.370 e. The highest BCUT2D eigenvalue weighted by Crippen LogP contribution is 2.09. The molecular formula is C24H46N4O4. The summed E-state index contributed by atoms with van der Waals surface area (Å²) < 4.78 is 0. The highest BCUT2D eigenvalue weighted by Gasteiger charge is 2.16. The molecule has 0 aliphatic heterocycles. The summed E-state index contributed by atoms with van der Waals surface area (Å²) in [5, 5.41) is 5.60. The van der Waals surface area contributed by atoms with Gasteiger partial charge >= 0.3 is 0 Å². The molecule has 4 amide bonds. The number of hydrogen-bond donors (Lipinski definition) is 3. The summed E-state index contributed by atoms with van der Waals surface area (Å²) in [4.78, 5) is 48.1. The molecule has 0 aromatic carbocycles. The van der Waals surface area contributed by atoms with Crippen LogP contribution in [0, 0.1) is 0 Å². The Morgan fingerprint density at radius 3 is 1.88 bits per heavy atom. The Hall–Kier alpha value is -2.12. The number of nitrogens with zero attached hydrogens (tertiary/aromatic N) is 1. The summed E-state index contributed by atoms with van der Waals surface area (Å²) in [5.41, 5.74) is 5.12. The number of primary amides is 1. The number of unbranched alkanes of at least 4 members (excludes halogenated alkanes) is 10. The van der Waals surface area contributed by atoms with Crippen molar-refractivity contribution in [1.29, 1.82) is 0 Å². The zero-order chi connectivity index (χ0) is 24.0. The molecule has 8 nitrogen and oxygen atoms in total. The summed E-state index contributed by atoms with van der Waals surface area (Å²) in [6.45, 7) is 4.92. The normalized spacial score (nSPS) is 10.6. The predicted molar refractivity (Wildman–Crippen MR) is 128 cm³/mol. The van der Waals surface area contributed by atoms with Crippen molar-refractivity contribution < 1.29 is 19.2 Å². The molecule has 8 heteroatoms. The summed E-state index contributed by atoms with van der Waals surface area (Å²) in [6.07, 6.45) is 13.5. The fourth-order valence-corrected chi connectivity index (χ4v) is 3.46. The highest BCUT2D eigenvalue weighted by atomic mass is 16.2. The zero-order valence-electron chi connectivity index (χ0n) is 20.4. The Labute approximate surface area is 194 Å². The first-order valence-electron chi connectivity index (χ1n) is 12.4. The Bertz CT molecular complexity index is 540. The topological polar surface area (TPSA) is 122 Å². The molecule has 0 fully saturated rings. The lowest BCUT2D eigenvalue weighted by Crippen LogP contribution is -2.44. The van der Waals surface area contributed by atoms with Gasteiger partial charge < -0.3 is 21.3 Å². The van der Waals surface area contributed by atoms with E-state index in [2.05, 4.69) is 17.6 Å². The molecule has 0 rings (SSSR count). The number of carbonyl (C=O) groups is 4. The van der Waals surface area contributed by atoms with Crippen molar-refractivity contribution in [3.8, 4) is 0 Å². The Kier molecular flexibility index (Phi) is 19.4. The number of hydrogen-bond acceptors (Lipinski definition) is 4. The maximum Gasteiger partial charge on any atom is 0.239 e. The number of carbonyl (C=O) groups excluding carboxylic acids is 4. The third-order valence-electron chi connectivity index (χ3n) is 5.36. The Morgan fingerprint density at radius 1 is 0.719 bits per heavy atom. The van der Waals surface area contributed by atoms with Gasteiger partial charge in [0.25, 0.3) is 0 Å². The van der Waals surface area contributed by atoms with Gasteiger partial charge in [0.1, 0.15) is 0 Å². The smallest absolute Gasteiger partial charge is 0.239 e. The summed E-state index contributed by atoms with van der Waals surface area (Å²) in [6, 6.07) is 0. The van der Waals surface area contributed by atoms with Crippen LogP contribution in [0.5, 0.6) is 0 Å². The number of nitrogens with two attached hydrogens (primary N) is 1. The van der Waals surface area contributed by atoms with Gasteiger partial charge in [0.05, 0.1) is 6.54 Å². The van der Waals surface area contributed by atoms with Gasteiger partial charge in [0.2, 0.25) is 23.6 Å². The van der Waals surface area contributed by atoms with Gasteiger partial charge in [0, 0.05) is 39.4 Å². The summed E-state index contributed by atoms with van der Waals surface area (Å²) in [5.74, 6) is -0.545. The summed E-state index contributed by atoms with van der Waals surface area (Å²) in [7, 11) is 0. The average Bonchev–Trinajstić information content (AvgIpc) is 2.73. The van der Waals surface area contributed by atoms with E-state index in [1.54, 1.807) is 4.90 Å². The number of rotatable bonds is 21. The van der Waals surface area contributed by atoms with E-state index in [0.29, 0.717) is 32.5 Å². The van der Waals surface area contributed by atoms with Crippen molar-refractivity contribution in [3.63, 3.8) is 0 Å². The molecule has 0 aliphatic rings. The van der Waals surface area contributed by atoms with Crippen LogP contribution < -0.4 is 16.4 Å². The van der Waals surface area contributed by atoms with Crippen LogP contribution in [0.3, 0.4) is 0 Å². The third-order valence-corrected chi connectivity index (χ3v) is 5.36. The fourth-order valence-electron chi connectivity index (χ4n) is 3.46. The fraction of sp³-hybridized carbons (Fsp3) is 0.833. The molecule has 0 aromatic rings. The summed E-state index contributed by atoms with van der Waals surface area (Å²) >= 11 is 0. The molecule has 0 saturated heterocycles. The van der Waals surface area contributed by atoms with Crippen LogP contribution in [0.2, 0.25) is 0 Å². The number of nitrogens with one attached hydrogen (secondary N) is 2. The van der Waals surface area contributed by atoms with E-state index in [4.69, 9.17) is 5.73 Å². The highest BCUT2D eigenvalue weighted by molar-refractivity contribution is 5.84. The van der Waals surface area contributed by atoms with Crippen molar-refractivity contribution >= 4 is 23.6 Å². The second kappa shape index (κ2) is 20.8. The lowest BCUT2D eigenvalue weighted by atomic mass is 10.1. The van der Waals surface area contributed by atoms with Gasteiger partial charge in [-0.1, -0.05) is 64.7 Å². The van der Waals surface area contributed by atoms with E-state index in [1.165, 1.54) is 6.92 Å². The second-order valence-electron chi connectivity index (χ2n) is 8.50. The van der Waals surface area contributed by atoms with Gasteiger partial charge in [-0.3, -0.25) is 19.2 Å². The van der Waals surface area contributed by atoms with E-state index in [9.17, 15) is 19.2 Å². The Morgan fingerprint density at radius 2 is 1.28 bits per heavy atom. The van der Waals surface area contributed by atoms with E-state index < -0.39 is 0 Å². The molecule has 0 bridgehead atoms. The van der Waals surface area contributed by atoms with Gasteiger partial charge in [-0.2, -0.15) is 0 Å². The zero-order valence-corrected chi connectivity index (χ0v) is 20.4. The molecule has 0 saturated carbocycles. The first-order chi connectivity index (χ1) is 15.4. The van der Waals surface area contributed by atoms with Gasteiger partial charge in [0.15, 0.2) is 0 Å². The molecule has 0 heterocycles. The monoisotopic (exact) mass is 454 g/mol. The lowest BCUT2D eigenvalue weighted by molar-refractivity contribution is -0.136. The van der Waals surface area contributed by atoms with Crippen molar-refractivity contribution in [3.05, 3.63) is 0 Å². The van der Waals surface area contributed by atoms with Crippen LogP contribution in [-0.2, 0) is 19.2 Å². The molecule has 32 heavy (non-hydrogen) atoms. The van der Waals surface area contributed by atoms with Gasteiger partial charge in [-0.25, -0.2) is 0 Å². The van der Waals surface area contributed by atoms with Gasteiger partial charge in [-0.05, 0) is 19.3 Å². The maximum atomic E-state index is 12.5. The van der Waals surface area contributed by atoms with Crippen LogP contribution in [0.25, 0.3) is 0 Å². The third kappa shape index (κ3) is 19.8. The van der Waals surface area contributed by atoms with Gasteiger partial charge in [-0.15, -0.1) is 0 Å². The molecule has 0 atom stereocenters. The minimum Gasteiger partial charge on any atom is -0.370 e. The van der Waals surface area contributed by atoms with Crippen LogP contribution in [0.1, 0.15) is 104 Å². The molecule has 0 aromatic heterocycles. The molecule has 4 N–H and O–H groups in total. The van der Waals surface area contributed by atoms with Crippen molar-refractivity contribution in [2.45, 2.75) is 104 Å². The first-order valence-corrected chi connectivity index (χ1v) is 12.4. The van der Waals surface area contributed by atoms with E-state index in [0.717, 1.165) is 77.0 Å². The van der Waals surface area contributed by atoms with Crippen LogP contribution in [-0.4, -0.2) is 54.7 Å². The van der Waals surface area contributed by atoms with Crippen molar-refractivity contribution in [2.24, 2.45) is 5.73 Å². The average molecular weight is 455 g/mol. The SMILES string of the molecule is CCCCCCC(=O)N(CCNC(C)=O)CC(=O)NCCCCCCCCCCC(N)=O. The molecule has 0 aliphatic carbocycles. The van der Waals surface area contributed by atoms with Crippen molar-refractivity contribution in [1.82, 2.24) is 15.5 Å².